The molecule has 9 heteroatoms. The van der Waals surface area contributed by atoms with Gasteiger partial charge in [0.25, 0.3) is 0 Å². The number of ether oxygens (including phenoxy) is 2. The SMILES string of the molecule is O[C@H](c1cncc(F)c1)C12CCC(COc3ccc(OC(F)(F)F)cc3)(CC1)N2. The Kier molecular flexibility index (Phi) is 4.90. The van der Waals surface area contributed by atoms with Gasteiger partial charge in [-0.15, -0.1) is 13.2 Å². The van der Waals surface area contributed by atoms with Crippen molar-refractivity contribution in [3.63, 3.8) is 0 Å². The topological polar surface area (TPSA) is 63.6 Å². The standard InChI is InChI=1S/C20H20F4N2O3/c21-14-9-13(10-25-11-14)17(27)19-7-5-18(26-19,6-8-19)12-28-15-1-3-16(4-2-15)29-20(22,23)24/h1-4,9-11,17,26-27H,5-8,12H2/t17-,18?,19?/m1/s1. The third-order valence-electron chi connectivity index (χ3n) is 5.75. The lowest BCUT2D eigenvalue weighted by Crippen LogP contribution is -2.48. The van der Waals surface area contributed by atoms with Gasteiger partial charge in [0.1, 0.15) is 23.9 Å². The zero-order valence-corrected chi connectivity index (χ0v) is 15.4. The molecule has 2 fully saturated rings. The third kappa shape index (κ3) is 4.16. The van der Waals surface area contributed by atoms with Gasteiger partial charge >= 0.3 is 6.36 Å². The molecule has 0 saturated carbocycles. The van der Waals surface area contributed by atoms with Crippen LogP contribution >= 0.6 is 0 Å². The summed E-state index contributed by atoms with van der Waals surface area (Å²) in [6, 6.07) is 6.52. The molecule has 0 spiro atoms. The summed E-state index contributed by atoms with van der Waals surface area (Å²) in [7, 11) is 0. The third-order valence-corrected chi connectivity index (χ3v) is 5.75. The molecule has 0 radical (unpaired) electrons. The van der Waals surface area contributed by atoms with Crippen molar-refractivity contribution in [3.05, 3.63) is 54.1 Å². The van der Waals surface area contributed by atoms with Crippen molar-refractivity contribution < 1.29 is 32.1 Å². The molecule has 1 aromatic carbocycles. The van der Waals surface area contributed by atoms with Gasteiger partial charge in [0.2, 0.25) is 0 Å². The van der Waals surface area contributed by atoms with Crippen molar-refractivity contribution in [2.45, 2.75) is 49.2 Å². The molecule has 0 aliphatic carbocycles. The number of benzene rings is 1. The summed E-state index contributed by atoms with van der Waals surface area (Å²) >= 11 is 0. The second-order valence-corrected chi connectivity index (χ2v) is 7.71. The van der Waals surface area contributed by atoms with E-state index in [4.69, 9.17) is 4.74 Å². The molecule has 156 valence electrons. The largest absolute Gasteiger partial charge is 0.573 e. The summed E-state index contributed by atoms with van der Waals surface area (Å²) in [5.41, 5.74) is -0.483. The Morgan fingerprint density at radius 2 is 1.72 bits per heavy atom. The minimum atomic E-state index is -4.74. The van der Waals surface area contributed by atoms with Gasteiger partial charge in [0, 0.05) is 17.3 Å². The van der Waals surface area contributed by atoms with E-state index in [0.29, 0.717) is 30.8 Å². The fraction of sp³-hybridized carbons (Fsp3) is 0.450. The summed E-state index contributed by atoms with van der Waals surface area (Å²) in [6.45, 7) is 0.308. The molecule has 0 unspecified atom stereocenters. The van der Waals surface area contributed by atoms with E-state index in [1.165, 1.54) is 36.5 Å². The van der Waals surface area contributed by atoms with E-state index in [-0.39, 0.29) is 11.3 Å². The zero-order valence-electron chi connectivity index (χ0n) is 15.4. The van der Waals surface area contributed by atoms with Crippen molar-refractivity contribution in [2.24, 2.45) is 0 Å². The maximum Gasteiger partial charge on any atom is 0.573 e. The number of nitrogens with one attached hydrogen (secondary N) is 1. The van der Waals surface area contributed by atoms with E-state index < -0.39 is 23.8 Å². The van der Waals surface area contributed by atoms with Gasteiger partial charge < -0.3 is 14.6 Å². The minimum Gasteiger partial charge on any atom is -0.492 e. The quantitative estimate of drug-likeness (QED) is 0.705. The Hall–Kier alpha value is -2.39. The summed E-state index contributed by atoms with van der Waals surface area (Å²) < 4.78 is 59.8. The average molecular weight is 412 g/mol. The summed E-state index contributed by atoms with van der Waals surface area (Å²) in [4.78, 5) is 3.81. The first-order valence-corrected chi connectivity index (χ1v) is 9.25. The van der Waals surface area contributed by atoms with Crippen LogP contribution in [-0.2, 0) is 0 Å². The molecule has 3 heterocycles. The molecule has 1 atom stereocenters. The van der Waals surface area contributed by atoms with Gasteiger partial charge in [-0.1, -0.05) is 0 Å². The van der Waals surface area contributed by atoms with Gasteiger partial charge in [-0.2, -0.15) is 0 Å². The van der Waals surface area contributed by atoms with Gasteiger partial charge in [0.15, 0.2) is 0 Å². The van der Waals surface area contributed by atoms with Gasteiger partial charge in [-0.3, -0.25) is 10.3 Å². The number of rotatable bonds is 6. The van der Waals surface area contributed by atoms with E-state index in [2.05, 4.69) is 15.0 Å². The van der Waals surface area contributed by atoms with Crippen LogP contribution in [-0.4, -0.2) is 34.1 Å². The molecule has 4 rings (SSSR count). The first-order valence-electron chi connectivity index (χ1n) is 9.25. The molecular formula is C20H20F4N2O3. The van der Waals surface area contributed by atoms with Crippen LogP contribution in [0.1, 0.15) is 37.4 Å². The molecule has 29 heavy (non-hydrogen) atoms. The molecule has 2 bridgehead atoms. The van der Waals surface area contributed by atoms with E-state index in [1.54, 1.807) is 0 Å². The smallest absolute Gasteiger partial charge is 0.492 e. The zero-order chi connectivity index (χ0) is 20.7. The summed E-state index contributed by atoms with van der Waals surface area (Å²) in [6.07, 6.45) is -0.144. The number of hydrogen-bond donors (Lipinski definition) is 2. The molecule has 1 aromatic heterocycles. The first-order chi connectivity index (χ1) is 13.7. The molecule has 2 N–H and O–H groups in total. The van der Waals surface area contributed by atoms with Crippen molar-refractivity contribution in [3.8, 4) is 11.5 Å². The maximum absolute atomic E-state index is 13.5. The van der Waals surface area contributed by atoms with Crippen molar-refractivity contribution in [1.29, 1.82) is 0 Å². The second kappa shape index (κ2) is 7.14. The lowest BCUT2D eigenvalue weighted by molar-refractivity contribution is -0.274. The highest BCUT2D eigenvalue weighted by Gasteiger charge is 2.57. The summed E-state index contributed by atoms with van der Waals surface area (Å²) in [5.74, 6) is -0.384. The maximum atomic E-state index is 13.5. The minimum absolute atomic E-state index is 0.308. The number of nitrogens with zero attached hydrogens (tertiary/aromatic N) is 1. The van der Waals surface area contributed by atoms with Crippen LogP contribution < -0.4 is 14.8 Å². The highest BCUT2D eigenvalue weighted by Crippen LogP contribution is 2.50. The monoisotopic (exact) mass is 412 g/mol. The van der Waals surface area contributed by atoms with E-state index in [9.17, 15) is 22.7 Å². The molecule has 2 aliphatic heterocycles. The number of alkyl halides is 3. The van der Waals surface area contributed by atoms with Gasteiger partial charge in [-0.25, -0.2) is 4.39 Å². The Morgan fingerprint density at radius 1 is 1.07 bits per heavy atom. The van der Waals surface area contributed by atoms with Gasteiger partial charge in [0.05, 0.1) is 17.8 Å². The highest BCUT2D eigenvalue weighted by molar-refractivity contribution is 5.32. The summed E-state index contributed by atoms with van der Waals surface area (Å²) in [5, 5.41) is 14.3. The predicted molar refractivity (Wildman–Crippen MR) is 94.8 cm³/mol. The normalized spacial score (nSPS) is 27.1. The van der Waals surface area contributed by atoms with E-state index >= 15 is 0 Å². The number of halogens is 4. The highest BCUT2D eigenvalue weighted by atomic mass is 19.4. The molecule has 2 aromatic rings. The van der Waals surface area contributed by atoms with Crippen LogP contribution in [0.3, 0.4) is 0 Å². The average Bonchev–Trinajstić information content (AvgIpc) is 3.24. The Morgan fingerprint density at radius 3 is 2.34 bits per heavy atom. The molecular weight excluding hydrogens is 392 g/mol. The molecule has 0 amide bonds. The fourth-order valence-corrected chi connectivity index (χ4v) is 4.33. The first kappa shape index (κ1) is 19.9. The number of aliphatic hydroxyl groups excluding tert-OH is 1. The lowest BCUT2D eigenvalue weighted by atomic mass is 9.78. The Bertz CT molecular complexity index is 865. The molecule has 5 nitrogen and oxygen atoms in total. The van der Waals surface area contributed by atoms with Crippen LogP contribution in [0.15, 0.2) is 42.7 Å². The Labute approximate surface area is 164 Å². The van der Waals surface area contributed by atoms with Crippen LogP contribution in [0.25, 0.3) is 0 Å². The van der Waals surface area contributed by atoms with E-state index in [0.717, 1.165) is 19.0 Å². The molecule has 2 aliphatic rings. The van der Waals surface area contributed by atoms with Crippen molar-refractivity contribution >= 4 is 0 Å². The lowest BCUT2D eigenvalue weighted by Gasteiger charge is -2.31. The number of aliphatic hydroxyl groups is 1. The van der Waals surface area contributed by atoms with Gasteiger partial charge in [-0.05, 0) is 56.0 Å². The Balaban J connectivity index is 1.39. The van der Waals surface area contributed by atoms with E-state index in [1.807, 2.05) is 0 Å². The van der Waals surface area contributed by atoms with Crippen LogP contribution in [0, 0.1) is 5.82 Å². The predicted octanol–water partition coefficient (Wildman–Crippen LogP) is 3.89. The molecule has 2 saturated heterocycles. The van der Waals surface area contributed by atoms with Crippen LogP contribution in [0.2, 0.25) is 0 Å². The van der Waals surface area contributed by atoms with Crippen molar-refractivity contribution in [1.82, 2.24) is 10.3 Å². The number of aromatic nitrogens is 1. The number of hydrogen-bond acceptors (Lipinski definition) is 5. The number of pyridine rings is 1. The van der Waals surface area contributed by atoms with Crippen LogP contribution in [0.4, 0.5) is 17.6 Å². The van der Waals surface area contributed by atoms with Crippen molar-refractivity contribution in [2.75, 3.05) is 6.61 Å². The number of fused-ring (bicyclic) bond motifs is 2. The fourth-order valence-electron chi connectivity index (χ4n) is 4.33. The second-order valence-electron chi connectivity index (χ2n) is 7.71. The van der Waals surface area contributed by atoms with Crippen LogP contribution in [0.5, 0.6) is 11.5 Å².